The van der Waals surface area contributed by atoms with Gasteiger partial charge < -0.3 is 5.11 Å². The highest BCUT2D eigenvalue weighted by molar-refractivity contribution is 9.10. The van der Waals surface area contributed by atoms with Crippen LogP contribution in [0, 0.1) is 13.8 Å². The number of carboxylic acid groups (broad SMARTS) is 1. The number of aromatic carboxylic acids is 1. The minimum absolute atomic E-state index is 0.171. The van der Waals surface area contributed by atoms with Gasteiger partial charge in [-0.2, -0.15) is 0 Å². The predicted molar refractivity (Wildman–Crippen MR) is 69.5 cm³/mol. The molecule has 0 aliphatic heterocycles. The molecule has 0 radical (unpaired) electrons. The highest BCUT2D eigenvalue weighted by atomic mass is 79.9. The van der Waals surface area contributed by atoms with Crippen LogP contribution < -0.4 is 0 Å². The fraction of sp³-hybridized carbons (Fsp3) is 0.182. The van der Waals surface area contributed by atoms with Crippen LogP contribution in [0.15, 0.2) is 15.9 Å². The largest absolute Gasteiger partial charge is 0.478 e. The van der Waals surface area contributed by atoms with Gasteiger partial charge in [0.2, 0.25) is 0 Å². The second-order valence-electron chi connectivity index (χ2n) is 3.51. The van der Waals surface area contributed by atoms with E-state index in [1.165, 1.54) is 11.3 Å². The second-order valence-corrected chi connectivity index (χ2v) is 5.34. The summed E-state index contributed by atoms with van der Waals surface area (Å²) >= 11 is 4.80. The van der Waals surface area contributed by atoms with E-state index in [9.17, 15) is 9.90 Å². The van der Waals surface area contributed by atoms with Gasteiger partial charge >= 0.3 is 5.97 Å². The van der Waals surface area contributed by atoms with Crippen LogP contribution in [-0.4, -0.2) is 21.0 Å². The Bertz CT molecular complexity index is 595. The third-order valence-corrected chi connectivity index (χ3v) is 3.91. The number of carbonyl (C=O) groups is 1. The van der Waals surface area contributed by atoms with Crippen molar-refractivity contribution in [2.75, 3.05) is 0 Å². The van der Waals surface area contributed by atoms with Crippen LogP contribution in [0.1, 0.15) is 21.9 Å². The quantitative estimate of drug-likeness (QED) is 0.924. The predicted octanol–water partition coefficient (Wildman–Crippen LogP) is 3.28. The van der Waals surface area contributed by atoms with Crippen molar-refractivity contribution in [2.24, 2.45) is 0 Å². The van der Waals surface area contributed by atoms with Gasteiger partial charge in [-0.15, -0.1) is 11.3 Å². The van der Waals surface area contributed by atoms with E-state index in [0.717, 1.165) is 9.35 Å². The van der Waals surface area contributed by atoms with E-state index in [2.05, 4.69) is 25.9 Å². The zero-order valence-corrected chi connectivity index (χ0v) is 11.6. The van der Waals surface area contributed by atoms with Gasteiger partial charge in [-0.05, 0) is 35.8 Å². The molecule has 6 heteroatoms. The number of nitrogens with zero attached hydrogens (tertiary/aromatic N) is 2. The molecule has 0 fully saturated rings. The topological polar surface area (TPSA) is 63.1 Å². The van der Waals surface area contributed by atoms with Gasteiger partial charge in [0.1, 0.15) is 11.4 Å². The first-order chi connectivity index (χ1) is 7.99. The Balaban J connectivity index is 2.71. The summed E-state index contributed by atoms with van der Waals surface area (Å²) in [7, 11) is 0. The van der Waals surface area contributed by atoms with E-state index in [1.807, 2.05) is 11.4 Å². The molecule has 17 heavy (non-hydrogen) atoms. The van der Waals surface area contributed by atoms with E-state index in [4.69, 9.17) is 0 Å². The van der Waals surface area contributed by atoms with E-state index < -0.39 is 5.97 Å². The van der Waals surface area contributed by atoms with Crippen molar-refractivity contribution in [1.82, 2.24) is 9.97 Å². The highest BCUT2D eigenvalue weighted by Crippen LogP contribution is 2.31. The van der Waals surface area contributed by atoms with Gasteiger partial charge in [-0.25, -0.2) is 14.8 Å². The molecule has 0 amide bonds. The van der Waals surface area contributed by atoms with E-state index in [1.54, 1.807) is 13.8 Å². The van der Waals surface area contributed by atoms with E-state index in [-0.39, 0.29) is 5.56 Å². The number of hydrogen-bond donors (Lipinski definition) is 1. The van der Waals surface area contributed by atoms with Gasteiger partial charge in [-0.3, -0.25) is 0 Å². The summed E-state index contributed by atoms with van der Waals surface area (Å²) < 4.78 is 0.919. The summed E-state index contributed by atoms with van der Waals surface area (Å²) in [5.74, 6) is -0.422. The summed E-state index contributed by atoms with van der Waals surface area (Å²) in [5, 5.41) is 11.1. The van der Waals surface area contributed by atoms with Gasteiger partial charge in [0.25, 0.3) is 0 Å². The molecule has 0 aliphatic carbocycles. The molecule has 2 rings (SSSR count). The minimum Gasteiger partial charge on any atom is -0.478 e. The van der Waals surface area contributed by atoms with Crippen molar-refractivity contribution in [3.8, 4) is 10.6 Å². The lowest BCUT2D eigenvalue weighted by Crippen LogP contribution is -2.08. The summed E-state index contributed by atoms with van der Waals surface area (Å²) in [6.07, 6.45) is 0. The van der Waals surface area contributed by atoms with Gasteiger partial charge in [0, 0.05) is 9.85 Å². The molecule has 88 valence electrons. The third kappa shape index (κ3) is 2.37. The van der Waals surface area contributed by atoms with Gasteiger partial charge in [-0.1, -0.05) is 0 Å². The normalized spacial score (nSPS) is 10.5. The average molecular weight is 313 g/mol. The zero-order chi connectivity index (χ0) is 12.6. The first kappa shape index (κ1) is 12.2. The summed E-state index contributed by atoms with van der Waals surface area (Å²) in [6, 6.07) is 1.86. The molecule has 0 saturated carbocycles. The molecule has 4 nitrogen and oxygen atoms in total. The first-order valence-corrected chi connectivity index (χ1v) is 6.49. The monoisotopic (exact) mass is 312 g/mol. The lowest BCUT2D eigenvalue weighted by Gasteiger charge is -2.06. The van der Waals surface area contributed by atoms with Crippen LogP contribution in [0.3, 0.4) is 0 Å². The number of hydrogen-bond acceptors (Lipinski definition) is 4. The molecule has 2 aromatic heterocycles. The Morgan fingerprint density at radius 1 is 1.41 bits per heavy atom. The first-order valence-electron chi connectivity index (χ1n) is 4.82. The molecule has 0 aliphatic rings. The molecule has 0 aromatic carbocycles. The second kappa shape index (κ2) is 4.54. The van der Waals surface area contributed by atoms with Crippen molar-refractivity contribution >= 4 is 33.2 Å². The number of halogens is 1. The number of aromatic nitrogens is 2. The molecule has 1 N–H and O–H groups in total. The smallest absolute Gasteiger partial charge is 0.339 e. The lowest BCUT2D eigenvalue weighted by atomic mass is 10.1. The lowest BCUT2D eigenvalue weighted by molar-refractivity contribution is 0.0696. The standard InChI is InChI=1S/C11H9BrN2O2S/c1-5-9(11(15)16)10(14-6(2)13-5)8-3-7(12)4-17-8/h3-4H,1-2H3,(H,15,16). The van der Waals surface area contributed by atoms with Crippen molar-refractivity contribution in [2.45, 2.75) is 13.8 Å². The molecule has 0 bridgehead atoms. The molecule has 0 atom stereocenters. The van der Waals surface area contributed by atoms with Crippen molar-refractivity contribution in [3.63, 3.8) is 0 Å². The molecule has 0 saturated heterocycles. The Labute approximate surface area is 110 Å². The Hall–Kier alpha value is -1.27. The molecule has 0 spiro atoms. The molecule has 0 unspecified atom stereocenters. The number of thiophene rings is 1. The SMILES string of the molecule is Cc1nc(C)c(C(=O)O)c(-c2cc(Br)cs2)n1. The third-order valence-electron chi connectivity index (χ3n) is 2.22. The average Bonchev–Trinajstić information content (AvgIpc) is 2.62. The molecule has 2 heterocycles. The van der Waals surface area contributed by atoms with E-state index >= 15 is 0 Å². The maximum absolute atomic E-state index is 11.2. The van der Waals surface area contributed by atoms with Crippen molar-refractivity contribution in [3.05, 3.63) is 33.0 Å². The van der Waals surface area contributed by atoms with Crippen molar-refractivity contribution in [1.29, 1.82) is 0 Å². The number of carboxylic acids is 1. The van der Waals surface area contributed by atoms with Gasteiger partial charge in [0.05, 0.1) is 16.3 Å². The van der Waals surface area contributed by atoms with E-state index in [0.29, 0.717) is 17.2 Å². The van der Waals surface area contributed by atoms with Gasteiger partial charge in [0.15, 0.2) is 0 Å². The zero-order valence-electron chi connectivity index (χ0n) is 9.19. The Morgan fingerprint density at radius 2 is 2.12 bits per heavy atom. The van der Waals surface area contributed by atoms with Crippen LogP contribution in [0.25, 0.3) is 10.6 Å². The summed E-state index contributed by atoms with van der Waals surface area (Å²) in [6.45, 7) is 3.44. The Morgan fingerprint density at radius 3 is 2.65 bits per heavy atom. The minimum atomic E-state index is -0.998. The van der Waals surface area contributed by atoms with Crippen LogP contribution in [0.2, 0.25) is 0 Å². The maximum atomic E-state index is 11.2. The molecular formula is C11H9BrN2O2S. The summed E-state index contributed by atoms with van der Waals surface area (Å²) in [5.41, 5.74) is 1.15. The van der Waals surface area contributed by atoms with Crippen LogP contribution in [0.4, 0.5) is 0 Å². The van der Waals surface area contributed by atoms with Crippen molar-refractivity contribution < 1.29 is 9.90 Å². The highest BCUT2D eigenvalue weighted by Gasteiger charge is 2.19. The fourth-order valence-electron chi connectivity index (χ4n) is 1.58. The fourth-order valence-corrected chi connectivity index (χ4v) is 3.01. The van der Waals surface area contributed by atoms with Crippen LogP contribution in [0.5, 0.6) is 0 Å². The van der Waals surface area contributed by atoms with Crippen LogP contribution >= 0.6 is 27.3 Å². The molecular weight excluding hydrogens is 304 g/mol. The number of aryl methyl sites for hydroxylation is 2. The number of rotatable bonds is 2. The maximum Gasteiger partial charge on any atom is 0.339 e. The summed E-state index contributed by atoms with van der Waals surface area (Å²) in [4.78, 5) is 20.4. The van der Waals surface area contributed by atoms with Crippen LogP contribution in [-0.2, 0) is 0 Å². The Kier molecular flexibility index (Phi) is 3.26. The molecule has 2 aromatic rings.